The number of nitrogens with zero attached hydrogens (tertiary/aromatic N) is 3. The standard InChI is InChI=1S/C33H43N3O7S2/c1-3-26(37)7-6-8-27(38)23-43-20-18-36(17-19-42-2)16-15-24-11-14-31-30(21-24)35-28-13-12-25(22-32(28)44-31)34-29-9-4-5-10-33(29)45(39,40)41/h4-5,9-14,21-22,26-27,37-38H,3,6-8,15-20,23H2,1-2H3,(H,39,40,41)/b34-25-. The van der Waals surface area contributed by atoms with Crippen molar-refractivity contribution in [2.75, 3.05) is 46.6 Å². The molecule has 0 bridgehead atoms. The Morgan fingerprint density at radius 1 is 0.978 bits per heavy atom. The van der Waals surface area contributed by atoms with Crippen molar-refractivity contribution in [2.24, 2.45) is 4.99 Å². The third kappa shape index (κ3) is 10.9. The highest BCUT2D eigenvalue weighted by molar-refractivity contribution is 7.86. The van der Waals surface area contributed by atoms with Gasteiger partial charge in [-0.3, -0.25) is 9.45 Å². The summed E-state index contributed by atoms with van der Waals surface area (Å²) in [5, 5.41) is 20.4. The van der Waals surface area contributed by atoms with E-state index in [1.807, 2.05) is 19.1 Å². The second-order valence-corrected chi connectivity index (χ2v) is 13.5. The van der Waals surface area contributed by atoms with Gasteiger partial charge in [-0.05, 0) is 80.1 Å². The minimum Gasteiger partial charge on any atom is -0.393 e. The summed E-state index contributed by atoms with van der Waals surface area (Å²) in [5.74, 6) is 0. The first-order valence-electron chi connectivity index (χ1n) is 15.3. The van der Waals surface area contributed by atoms with Crippen LogP contribution in [0.25, 0.3) is 20.8 Å². The summed E-state index contributed by atoms with van der Waals surface area (Å²) in [4.78, 5) is 12.3. The lowest BCUT2D eigenvalue weighted by atomic mass is 10.1. The van der Waals surface area contributed by atoms with E-state index in [1.54, 1.807) is 42.7 Å². The summed E-state index contributed by atoms with van der Waals surface area (Å²) in [6.45, 7) is 5.70. The minimum atomic E-state index is -4.39. The lowest BCUT2D eigenvalue weighted by Gasteiger charge is -2.22. The number of aromatic nitrogens is 1. The van der Waals surface area contributed by atoms with Crippen LogP contribution in [0.2, 0.25) is 0 Å². The Labute approximate surface area is 269 Å². The zero-order valence-corrected chi connectivity index (χ0v) is 27.5. The first-order chi connectivity index (χ1) is 21.7. The van der Waals surface area contributed by atoms with Gasteiger partial charge in [-0.2, -0.15) is 8.42 Å². The molecule has 3 N–H and O–H groups in total. The second kappa shape index (κ2) is 17.2. The summed E-state index contributed by atoms with van der Waals surface area (Å²) < 4.78 is 45.1. The van der Waals surface area contributed by atoms with Crippen LogP contribution in [0.15, 0.2) is 70.6 Å². The van der Waals surface area contributed by atoms with Crippen LogP contribution >= 0.6 is 11.3 Å². The first kappa shape index (κ1) is 35.1. The van der Waals surface area contributed by atoms with Gasteiger partial charge in [-0.15, -0.1) is 11.3 Å². The predicted octanol–water partition coefficient (Wildman–Crippen LogP) is 4.69. The van der Waals surface area contributed by atoms with Crippen LogP contribution in [0.4, 0.5) is 5.69 Å². The third-order valence-electron chi connectivity index (χ3n) is 7.56. The molecule has 2 aromatic carbocycles. The normalized spacial score (nSPS) is 14.0. The molecule has 0 aromatic heterocycles. The Balaban J connectivity index is 1.38. The average Bonchev–Trinajstić information content (AvgIpc) is 3.02. The Kier molecular flexibility index (Phi) is 13.4. The van der Waals surface area contributed by atoms with E-state index < -0.39 is 16.2 Å². The fraction of sp³-hybridized carbons (Fsp3) is 0.455. The van der Waals surface area contributed by atoms with Crippen LogP contribution in [0.1, 0.15) is 38.2 Å². The van der Waals surface area contributed by atoms with Crippen LogP contribution < -0.4 is 5.36 Å². The largest absolute Gasteiger partial charge is 0.393 e. The number of aliphatic hydroxyl groups is 2. The van der Waals surface area contributed by atoms with Gasteiger partial charge in [0.25, 0.3) is 10.1 Å². The van der Waals surface area contributed by atoms with Gasteiger partial charge in [0, 0.05) is 26.7 Å². The molecule has 2 atom stereocenters. The molecule has 0 fully saturated rings. The molecule has 244 valence electrons. The number of fused-ring (bicyclic) bond motifs is 2. The maximum absolute atomic E-state index is 11.8. The molecule has 1 heterocycles. The van der Waals surface area contributed by atoms with Gasteiger partial charge < -0.3 is 19.7 Å². The number of hydrogen-bond acceptors (Lipinski definition) is 10. The smallest absolute Gasteiger partial charge is 0.296 e. The van der Waals surface area contributed by atoms with Crippen LogP contribution in [0, 0.1) is 0 Å². The summed E-state index contributed by atoms with van der Waals surface area (Å²) in [6, 6.07) is 17.9. The number of aliphatic hydroxyl groups excluding tert-OH is 2. The molecule has 0 radical (unpaired) electrons. The summed E-state index contributed by atoms with van der Waals surface area (Å²) in [7, 11) is -2.70. The van der Waals surface area contributed by atoms with Crippen molar-refractivity contribution < 1.29 is 32.7 Å². The molecule has 2 aliphatic rings. The molecular formula is C33H43N3O7S2. The van der Waals surface area contributed by atoms with Gasteiger partial charge in [0.15, 0.2) is 0 Å². The zero-order valence-electron chi connectivity index (χ0n) is 25.8. The minimum absolute atomic E-state index is 0.172. The monoisotopic (exact) mass is 657 g/mol. The average molecular weight is 658 g/mol. The number of benzene rings is 3. The molecule has 0 saturated carbocycles. The van der Waals surface area contributed by atoms with E-state index in [-0.39, 0.29) is 16.7 Å². The van der Waals surface area contributed by atoms with Gasteiger partial charge in [0.05, 0.1) is 63.9 Å². The second-order valence-electron chi connectivity index (χ2n) is 11.0. The molecule has 1 aliphatic heterocycles. The summed E-state index contributed by atoms with van der Waals surface area (Å²) in [5.41, 5.74) is 3.06. The predicted molar refractivity (Wildman–Crippen MR) is 177 cm³/mol. The Hall–Kier alpha value is -2.81. The number of para-hydroxylation sites is 1. The van der Waals surface area contributed by atoms with Crippen molar-refractivity contribution in [3.05, 3.63) is 71.6 Å². The number of rotatable bonds is 18. The molecule has 4 rings (SSSR count). The highest BCUT2D eigenvalue weighted by Crippen LogP contribution is 2.30. The zero-order chi connectivity index (χ0) is 32.2. The molecule has 10 nitrogen and oxygen atoms in total. The van der Waals surface area contributed by atoms with Crippen LogP contribution in [0.5, 0.6) is 0 Å². The van der Waals surface area contributed by atoms with Gasteiger partial charge in [0.2, 0.25) is 0 Å². The number of methoxy groups -OCH3 is 1. The summed E-state index contributed by atoms with van der Waals surface area (Å²) in [6.07, 6.45) is 2.85. The lowest BCUT2D eigenvalue weighted by molar-refractivity contribution is 0.0186. The van der Waals surface area contributed by atoms with Crippen molar-refractivity contribution in [1.29, 1.82) is 0 Å². The maximum atomic E-state index is 11.8. The molecule has 0 amide bonds. The van der Waals surface area contributed by atoms with E-state index in [0.717, 1.165) is 59.7 Å². The fourth-order valence-corrected chi connectivity index (χ4v) is 6.53. The highest BCUT2D eigenvalue weighted by atomic mass is 32.2. The third-order valence-corrected chi connectivity index (χ3v) is 9.57. The van der Waals surface area contributed by atoms with Crippen molar-refractivity contribution in [3.63, 3.8) is 0 Å². The topological polar surface area (TPSA) is 142 Å². The van der Waals surface area contributed by atoms with Crippen LogP contribution in [-0.4, -0.2) is 91.8 Å². The molecular weight excluding hydrogens is 615 g/mol. The maximum Gasteiger partial charge on any atom is 0.296 e. The SMILES string of the molecule is CCC(O)CCCC(O)COCCN(CCOC)CCc1ccc2sc3c/c(=N\c4ccccc4S(=O)(=O)O)ccc-3nc2c1. The van der Waals surface area contributed by atoms with Crippen molar-refractivity contribution in [3.8, 4) is 10.6 Å². The number of ether oxygens (including phenoxy) is 2. The Bertz CT molecular complexity index is 1660. The van der Waals surface area contributed by atoms with Gasteiger partial charge in [-0.25, -0.2) is 9.98 Å². The van der Waals surface area contributed by atoms with E-state index in [0.29, 0.717) is 38.0 Å². The molecule has 45 heavy (non-hydrogen) atoms. The quantitative estimate of drug-likeness (QED) is 0.0790. The molecule has 0 spiro atoms. The molecule has 12 heteroatoms. The van der Waals surface area contributed by atoms with Crippen LogP contribution in [0.3, 0.4) is 0 Å². The van der Waals surface area contributed by atoms with Gasteiger partial charge in [0.1, 0.15) is 4.90 Å². The van der Waals surface area contributed by atoms with Crippen molar-refractivity contribution >= 4 is 37.4 Å². The first-order valence-corrected chi connectivity index (χ1v) is 17.5. The Morgan fingerprint density at radius 2 is 1.76 bits per heavy atom. The summed E-state index contributed by atoms with van der Waals surface area (Å²) >= 11 is 1.59. The molecule has 1 aliphatic carbocycles. The Morgan fingerprint density at radius 3 is 2.53 bits per heavy atom. The van der Waals surface area contributed by atoms with Crippen molar-refractivity contribution in [1.82, 2.24) is 9.88 Å². The van der Waals surface area contributed by atoms with E-state index in [9.17, 15) is 23.2 Å². The van der Waals surface area contributed by atoms with Gasteiger partial charge in [-0.1, -0.05) is 25.1 Å². The number of hydrogen-bond donors (Lipinski definition) is 3. The highest BCUT2D eigenvalue weighted by Gasteiger charge is 2.15. The molecule has 0 saturated heterocycles. The lowest BCUT2D eigenvalue weighted by Crippen LogP contribution is -2.33. The molecule has 2 aromatic rings. The van der Waals surface area contributed by atoms with Gasteiger partial charge >= 0.3 is 0 Å². The van der Waals surface area contributed by atoms with E-state index in [2.05, 4.69) is 28.1 Å². The van der Waals surface area contributed by atoms with E-state index in [1.165, 1.54) is 11.6 Å². The fourth-order valence-electron chi connectivity index (χ4n) is 4.93. The van der Waals surface area contributed by atoms with E-state index in [4.69, 9.17) is 14.5 Å². The van der Waals surface area contributed by atoms with Crippen LogP contribution in [-0.2, 0) is 26.0 Å². The van der Waals surface area contributed by atoms with Crippen molar-refractivity contribution in [2.45, 2.75) is 56.1 Å². The molecule has 2 unspecified atom stereocenters. The van der Waals surface area contributed by atoms with E-state index >= 15 is 0 Å².